The molecule has 84 heavy (non-hydrogen) atoms. The van der Waals surface area contributed by atoms with Gasteiger partial charge in [-0.15, -0.1) is 0 Å². The number of esters is 7. The fraction of sp³-hybridized carbons (Fsp3) is 0.710. The summed E-state index contributed by atoms with van der Waals surface area (Å²) in [6, 6.07) is 0. The number of aliphatic hydroxyl groups excluding tert-OH is 1. The summed E-state index contributed by atoms with van der Waals surface area (Å²) < 4.78 is 31.7. The molecule has 3 rings (SSSR count). The Hall–Kier alpha value is -5.28. The number of aliphatic hydroxyl groups is 1. The maximum Gasteiger partial charge on any atom is 0.317 e. The highest BCUT2D eigenvalue weighted by molar-refractivity contribution is 5.96. The van der Waals surface area contributed by atoms with Crippen LogP contribution in [0.15, 0.2) is 72.9 Å². The maximum absolute atomic E-state index is 13.1. The summed E-state index contributed by atoms with van der Waals surface area (Å²) >= 11 is 0. The summed E-state index contributed by atoms with van der Waals surface area (Å²) in [5.74, 6) is -3.57. The van der Waals surface area contributed by atoms with Crippen molar-refractivity contribution in [2.75, 3.05) is 13.2 Å². The van der Waals surface area contributed by atoms with Gasteiger partial charge in [-0.1, -0.05) is 203 Å². The van der Waals surface area contributed by atoms with Crippen LogP contribution in [0.1, 0.15) is 252 Å². The van der Waals surface area contributed by atoms with Gasteiger partial charge in [-0.05, 0) is 108 Å². The molecule has 3 saturated heterocycles. The summed E-state index contributed by atoms with van der Waals surface area (Å²) in [4.78, 5) is 85.6. The Morgan fingerprint density at radius 3 is 1.56 bits per heavy atom. The van der Waals surface area contributed by atoms with Gasteiger partial charge in [0, 0.05) is 12.8 Å². The maximum atomic E-state index is 13.1. The Labute approximate surface area is 504 Å². The van der Waals surface area contributed by atoms with Crippen LogP contribution in [0, 0.1) is 40.9 Å². The highest BCUT2D eigenvalue weighted by atomic mass is 16.6. The molecule has 15 heteroatoms. The minimum Gasteiger partial charge on any atom is -0.462 e. The summed E-state index contributed by atoms with van der Waals surface area (Å²) in [6.45, 7) is 6.13. The molecule has 3 fully saturated rings. The van der Waals surface area contributed by atoms with Crippen LogP contribution in [0.4, 0.5) is 0 Å². The summed E-state index contributed by atoms with van der Waals surface area (Å²) in [7, 11) is 0. The molecule has 3 aliphatic heterocycles. The van der Waals surface area contributed by atoms with Gasteiger partial charge in [0.15, 0.2) is 18.3 Å². The second-order valence-corrected chi connectivity index (χ2v) is 23.3. The topological polar surface area (TPSA) is 219 Å². The van der Waals surface area contributed by atoms with Crippen LogP contribution in [0.5, 0.6) is 0 Å². The number of rotatable bonds is 51. The molecular formula is C69H107NO14. The summed E-state index contributed by atoms with van der Waals surface area (Å²) in [6.07, 6.45) is 53.5. The van der Waals surface area contributed by atoms with Crippen molar-refractivity contribution in [1.29, 1.82) is 5.41 Å². The van der Waals surface area contributed by atoms with Crippen LogP contribution in [-0.4, -0.2) is 78.4 Å². The lowest BCUT2D eigenvalue weighted by molar-refractivity contribution is -0.173. The minimum absolute atomic E-state index is 0.00122. The first-order valence-corrected chi connectivity index (χ1v) is 32.8. The Bertz CT molecular complexity index is 2110. The van der Waals surface area contributed by atoms with Gasteiger partial charge in [0.2, 0.25) is 0 Å². The van der Waals surface area contributed by atoms with Gasteiger partial charge in [-0.3, -0.25) is 39.0 Å². The van der Waals surface area contributed by atoms with E-state index >= 15 is 0 Å². The zero-order chi connectivity index (χ0) is 60.8. The molecule has 3 aliphatic rings. The van der Waals surface area contributed by atoms with Crippen molar-refractivity contribution in [2.45, 2.75) is 264 Å². The smallest absolute Gasteiger partial charge is 0.317 e. The van der Waals surface area contributed by atoms with Crippen LogP contribution in [-0.2, 0) is 62.0 Å². The highest BCUT2D eigenvalue weighted by Gasteiger charge is 2.39. The van der Waals surface area contributed by atoms with Crippen LogP contribution in [0.2, 0.25) is 0 Å². The molecule has 0 bridgehead atoms. The van der Waals surface area contributed by atoms with Crippen molar-refractivity contribution >= 4 is 47.7 Å². The lowest BCUT2D eigenvalue weighted by Gasteiger charge is -2.20. The molecule has 0 aromatic heterocycles. The second-order valence-electron chi connectivity index (χ2n) is 23.3. The van der Waals surface area contributed by atoms with Crippen molar-refractivity contribution in [3.63, 3.8) is 0 Å². The number of allylic oxidation sites excluding steroid dienone is 12. The number of nitrogens with one attached hydrogen (secondary N) is 1. The normalized spacial score (nSPS) is 19.5. The van der Waals surface area contributed by atoms with Crippen LogP contribution >= 0.6 is 0 Å². The van der Waals surface area contributed by atoms with E-state index < -0.39 is 48.2 Å². The Morgan fingerprint density at radius 1 is 0.500 bits per heavy atom. The zero-order valence-corrected chi connectivity index (χ0v) is 51.7. The lowest BCUT2D eigenvalue weighted by Crippen LogP contribution is -2.31. The molecule has 15 nitrogen and oxygen atoms in total. The van der Waals surface area contributed by atoms with Crippen molar-refractivity contribution < 1.29 is 67.1 Å². The SMILES string of the molecule is CCCCCCCCC(/C=C/CCCCCCC(=O)OC(COC(=O)CCCCCCC/C=C\C/C=C\C=C\C(CC)C1CC(=O)OC1=N)COC(O)CCCCCCC/C=C\C=C\C(CCCCC)C1CC(=O)OC1=O)C1CC(=O)OC1=O. The molecule has 0 aromatic carbocycles. The third-order valence-corrected chi connectivity index (χ3v) is 16.1. The molecule has 0 saturated carbocycles. The minimum atomic E-state index is -1.05. The van der Waals surface area contributed by atoms with Gasteiger partial charge in [0.05, 0.1) is 43.6 Å². The van der Waals surface area contributed by atoms with E-state index in [1.807, 2.05) is 30.4 Å². The van der Waals surface area contributed by atoms with E-state index in [0.717, 1.165) is 154 Å². The summed E-state index contributed by atoms with van der Waals surface area (Å²) in [5.41, 5.74) is 0. The molecular weight excluding hydrogens is 1070 g/mol. The molecule has 472 valence electrons. The predicted octanol–water partition coefficient (Wildman–Crippen LogP) is 15.6. The second kappa shape index (κ2) is 46.9. The zero-order valence-electron chi connectivity index (χ0n) is 51.7. The quantitative estimate of drug-likeness (QED) is 0.0110. The van der Waals surface area contributed by atoms with E-state index in [2.05, 4.69) is 63.3 Å². The van der Waals surface area contributed by atoms with E-state index in [1.165, 1.54) is 25.7 Å². The third-order valence-electron chi connectivity index (χ3n) is 16.1. The van der Waals surface area contributed by atoms with Gasteiger partial charge in [0.1, 0.15) is 6.61 Å². The lowest BCUT2D eigenvalue weighted by atomic mass is 9.86. The van der Waals surface area contributed by atoms with Gasteiger partial charge in [-0.2, -0.15) is 0 Å². The molecule has 8 unspecified atom stereocenters. The number of cyclic esters (lactones) is 5. The van der Waals surface area contributed by atoms with Gasteiger partial charge in [-0.25, -0.2) is 0 Å². The molecule has 3 heterocycles. The Kier molecular flexibility index (Phi) is 40.8. The average Bonchev–Trinajstić information content (AvgIpc) is 4.20. The van der Waals surface area contributed by atoms with Crippen molar-refractivity contribution in [3.8, 4) is 0 Å². The fourth-order valence-electron chi connectivity index (χ4n) is 11.0. The molecule has 0 amide bonds. The highest BCUT2D eigenvalue weighted by Crippen LogP contribution is 2.32. The first-order chi connectivity index (χ1) is 40.8. The molecule has 8 atom stereocenters. The number of carbonyl (C=O) groups is 7. The number of carbonyl (C=O) groups excluding carboxylic acids is 7. The van der Waals surface area contributed by atoms with Crippen molar-refractivity contribution in [3.05, 3.63) is 72.9 Å². The molecule has 2 N–H and O–H groups in total. The van der Waals surface area contributed by atoms with Crippen LogP contribution in [0.25, 0.3) is 0 Å². The van der Waals surface area contributed by atoms with E-state index in [4.69, 9.17) is 33.8 Å². The molecule has 0 spiro atoms. The monoisotopic (exact) mass is 1170 g/mol. The third kappa shape index (κ3) is 34.0. The van der Waals surface area contributed by atoms with Gasteiger partial charge in [0.25, 0.3) is 0 Å². The Morgan fingerprint density at radius 2 is 0.976 bits per heavy atom. The first kappa shape index (κ1) is 73.0. The van der Waals surface area contributed by atoms with Gasteiger partial charge >= 0.3 is 41.8 Å². The predicted molar refractivity (Wildman–Crippen MR) is 328 cm³/mol. The average molecular weight is 1170 g/mol. The molecule has 0 aliphatic carbocycles. The molecule has 0 radical (unpaired) electrons. The number of unbranched alkanes of at least 4 members (excludes halogenated alkanes) is 21. The number of hydrogen-bond donors (Lipinski definition) is 2. The van der Waals surface area contributed by atoms with E-state index in [1.54, 1.807) is 0 Å². The van der Waals surface area contributed by atoms with Crippen molar-refractivity contribution in [1.82, 2.24) is 0 Å². The standard InChI is InChI=1S/C69H107NO14/c1-4-7-9-10-26-35-44-56(60-51-66(76)84-69(60)78)45-37-29-24-25-32-40-48-63(73)81-57(52-79-61(71)46-38-30-22-18-14-12-11-13-16-20-27-34-41-54(6-3)58-49-64(74)82-67(58)70)53-80-62(72)47-39-31-23-19-15-17-21-28-36-43-55(42-33-8-5-2)59-50-65(75)83-68(59)77/h11,13,20-21,27-28,34,36-37,41,43,45,54-60,62,70,72H,4-10,12,14-19,22-26,29-33,35,38-40,42,44,46-53H2,1-3H3/b13-11-,27-20-,28-21-,41-34+,43-36+,45-37+,70-67?. The van der Waals surface area contributed by atoms with E-state index in [9.17, 15) is 38.7 Å². The largest absolute Gasteiger partial charge is 0.462 e. The van der Waals surface area contributed by atoms with Crippen molar-refractivity contribution in [2.24, 2.45) is 35.5 Å². The van der Waals surface area contributed by atoms with Crippen LogP contribution < -0.4 is 0 Å². The first-order valence-electron chi connectivity index (χ1n) is 32.8. The van der Waals surface area contributed by atoms with E-state index in [-0.39, 0.29) is 92.7 Å². The van der Waals surface area contributed by atoms with Gasteiger partial charge < -0.3 is 33.5 Å². The number of hydrogen-bond acceptors (Lipinski definition) is 15. The molecule has 0 aromatic rings. The van der Waals surface area contributed by atoms with E-state index in [0.29, 0.717) is 19.3 Å². The summed E-state index contributed by atoms with van der Waals surface area (Å²) in [5, 5.41) is 18.6. The fourth-order valence-corrected chi connectivity index (χ4v) is 11.0. The number of ether oxygens (including phenoxy) is 6. The van der Waals surface area contributed by atoms with Crippen LogP contribution in [0.3, 0.4) is 0 Å². The Balaban J connectivity index is 1.35.